The first kappa shape index (κ1) is 22.3. The highest BCUT2D eigenvalue weighted by atomic mass is 32.2. The Labute approximate surface area is 195 Å². The standard InChI is InChI=1S/C25H25N3O2S2/c1-15(2)18-6-5-7-19(13-18)26-22(29)14-32-25-27-21-10-11-31-23(21)24(30)28(25)20-9-8-16(3)17(4)12-20/h5-13,15H,14H2,1-4H3,(H,26,29). The van der Waals surface area contributed by atoms with Gasteiger partial charge in [0.1, 0.15) is 4.70 Å². The minimum Gasteiger partial charge on any atom is -0.325 e. The van der Waals surface area contributed by atoms with E-state index in [4.69, 9.17) is 4.98 Å². The molecule has 0 fully saturated rings. The van der Waals surface area contributed by atoms with Gasteiger partial charge in [-0.15, -0.1) is 11.3 Å². The lowest BCUT2D eigenvalue weighted by molar-refractivity contribution is -0.113. The summed E-state index contributed by atoms with van der Waals surface area (Å²) in [6.07, 6.45) is 0. The number of hydrogen-bond donors (Lipinski definition) is 1. The summed E-state index contributed by atoms with van der Waals surface area (Å²) < 4.78 is 2.23. The number of carbonyl (C=O) groups excluding carboxylic acids is 1. The van der Waals surface area contributed by atoms with Crippen molar-refractivity contribution < 1.29 is 4.79 Å². The van der Waals surface area contributed by atoms with Gasteiger partial charge in [-0.25, -0.2) is 4.98 Å². The van der Waals surface area contributed by atoms with Gasteiger partial charge in [0.25, 0.3) is 5.56 Å². The highest BCUT2D eigenvalue weighted by molar-refractivity contribution is 7.99. The molecule has 0 saturated carbocycles. The predicted octanol–water partition coefficient (Wildman–Crippen LogP) is 5.92. The molecule has 5 nitrogen and oxygen atoms in total. The van der Waals surface area contributed by atoms with Crippen molar-refractivity contribution in [2.24, 2.45) is 0 Å². The fourth-order valence-corrected chi connectivity index (χ4v) is 4.96. The molecule has 0 radical (unpaired) electrons. The number of nitrogens with one attached hydrogen (secondary N) is 1. The maximum Gasteiger partial charge on any atom is 0.276 e. The zero-order valence-corrected chi connectivity index (χ0v) is 20.1. The summed E-state index contributed by atoms with van der Waals surface area (Å²) in [4.78, 5) is 30.6. The van der Waals surface area contributed by atoms with Gasteiger partial charge in [-0.2, -0.15) is 0 Å². The number of thioether (sulfide) groups is 1. The van der Waals surface area contributed by atoms with Gasteiger partial charge in [-0.3, -0.25) is 14.2 Å². The predicted molar refractivity (Wildman–Crippen MR) is 135 cm³/mol. The van der Waals surface area contributed by atoms with Crippen LogP contribution in [0.1, 0.15) is 36.5 Å². The van der Waals surface area contributed by atoms with E-state index in [1.807, 2.05) is 61.7 Å². The van der Waals surface area contributed by atoms with E-state index in [-0.39, 0.29) is 17.2 Å². The number of thiophene rings is 1. The van der Waals surface area contributed by atoms with Crippen LogP contribution in [0.4, 0.5) is 5.69 Å². The van der Waals surface area contributed by atoms with E-state index >= 15 is 0 Å². The van der Waals surface area contributed by atoms with Crippen LogP contribution >= 0.6 is 23.1 Å². The Morgan fingerprint density at radius 2 is 1.94 bits per heavy atom. The molecule has 2 heterocycles. The number of fused-ring (bicyclic) bond motifs is 1. The number of carbonyl (C=O) groups is 1. The Hall–Kier alpha value is -2.90. The van der Waals surface area contributed by atoms with Crippen molar-refractivity contribution in [2.75, 3.05) is 11.1 Å². The summed E-state index contributed by atoms with van der Waals surface area (Å²) in [7, 11) is 0. The lowest BCUT2D eigenvalue weighted by Crippen LogP contribution is -2.22. The summed E-state index contributed by atoms with van der Waals surface area (Å²) in [5.41, 5.74) is 5.50. The second-order valence-electron chi connectivity index (χ2n) is 8.06. The molecule has 1 N–H and O–H groups in total. The molecular formula is C25H25N3O2S2. The molecule has 7 heteroatoms. The molecule has 0 unspecified atom stereocenters. The molecule has 32 heavy (non-hydrogen) atoms. The molecule has 0 aliphatic rings. The van der Waals surface area contributed by atoms with Gasteiger partial charge >= 0.3 is 0 Å². The number of amides is 1. The molecule has 2 aromatic carbocycles. The number of benzene rings is 2. The molecule has 4 rings (SSSR count). The Balaban J connectivity index is 1.62. The zero-order valence-electron chi connectivity index (χ0n) is 18.5. The number of nitrogens with zero attached hydrogens (tertiary/aromatic N) is 2. The van der Waals surface area contributed by atoms with Crippen molar-refractivity contribution in [1.82, 2.24) is 9.55 Å². The highest BCUT2D eigenvalue weighted by Crippen LogP contribution is 2.25. The number of anilines is 1. The van der Waals surface area contributed by atoms with Crippen LogP contribution in [0.3, 0.4) is 0 Å². The highest BCUT2D eigenvalue weighted by Gasteiger charge is 2.16. The van der Waals surface area contributed by atoms with Crippen molar-refractivity contribution in [3.05, 3.63) is 81.0 Å². The van der Waals surface area contributed by atoms with Gasteiger partial charge in [0.15, 0.2) is 5.16 Å². The third kappa shape index (κ3) is 4.64. The molecule has 2 aromatic heterocycles. The van der Waals surface area contributed by atoms with Crippen LogP contribution in [0, 0.1) is 13.8 Å². The first-order chi connectivity index (χ1) is 15.3. The Bertz CT molecular complexity index is 1360. The summed E-state index contributed by atoms with van der Waals surface area (Å²) in [6, 6.07) is 15.6. The van der Waals surface area contributed by atoms with Gasteiger partial charge in [-0.1, -0.05) is 43.8 Å². The first-order valence-electron chi connectivity index (χ1n) is 10.4. The van der Waals surface area contributed by atoms with Crippen LogP contribution < -0.4 is 10.9 Å². The minimum atomic E-state index is -0.137. The fourth-order valence-electron chi connectivity index (χ4n) is 3.38. The Morgan fingerprint density at radius 3 is 2.69 bits per heavy atom. The summed E-state index contributed by atoms with van der Waals surface area (Å²) in [6.45, 7) is 8.30. The zero-order chi connectivity index (χ0) is 22.8. The second kappa shape index (κ2) is 9.30. The van der Waals surface area contributed by atoms with Crippen molar-refractivity contribution in [3.8, 4) is 5.69 Å². The lowest BCUT2D eigenvalue weighted by Gasteiger charge is -2.14. The van der Waals surface area contributed by atoms with Gasteiger partial charge in [-0.05, 0) is 72.2 Å². The monoisotopic (exact) mass is 463 g/mol. The average Bonchev–Trinajstić information content (AvgIpc) is 3.24. The molecular weight excluding hydrogens is 438 g/mol. The van der Waals surface area contributed by atoms with E-state index in [1.165, 1.54) is 28.7 Å². The molecule has 164 valence electrons. The lowest BCUT2D eigenvalue weighted by atomic mass is 10.0. The van der Waals surface area contributed by atoms with Crippen molar-refractivity contribution in [3.63, 3.8) is 0 Å². The number of aryl methyl sites for hydroxylation is 2. The average molecular weight is 464 g/mol. The largest absolute Gasteiger partial charge is 0.325 e. The molecule has 0 aliphatic heterocycles. The molecule has 0 aliphatic carbocycles. The first-order valence-corrected chi connectivity index (χ1v) is 12.3. The van der Waals surface area contributed by atoms with Crippen molar-refractivity contribution >= 4 is 44.9 Å². The summed E-state index contributed by atoms with van der Waals surface area (Å²) in [5.74, 6) is 0.399. The van der Waals surface area contributed by atoms with E-state index in [9.17, 15) is 9.59 Å². The van der Waals surface area contributed by atoms with Crippen LogP contribution in [0.5, 0.6) is 0 Å². The van der Waals surface area contributed by atoms with Crippen LogP contribution in [0.2, 0.25) is 0 Å². The van der Waals surface area contributed by atoms with Crippen molar-refractivity contribution in [2.45, 2.75) is 38.8 Å². The van der Waals surface area contributed by atoms with E-state index in [2.05, 4.69) is 25.2 Å². The van der Waals surface area contributed by atoms with Crippen molar-refractivity contribution in [1.29, 1.82) is 0 Å². The third-order valence-corrected chi connectivity index (χ3v) is 7.20. The quantitative estimate of drug-likeness (QED) is 0.285. The number of hydrogen-bond acceptors (Lipinski definition) is 5. The van der Waals surface area contributed by atoms with Crippen LogP contribution in [-0.2, 0) is 4.79 Å². The van der Waals surface area contributed by atoms with E-state index < -0.39 is 0 Å². The van der Waals surface area contributed by atoms with E-state index in [1.54, 1.807) is 4.57 Å². The molecule has 1 amide bonds. The minimum absolute atomic E-state index is 0.110. The Kier molecular flexibility index (Phi) is 6.48. The summed E-state index contributed by atoms with van der Waals surface area (Å²) >= 11 is 2.65. The molecule has 0 saturated heterocycles. The number of aromatic nitrogens is 2. The molecule has 0 spiro atoms. The molecule has 4 aromatic rings. The van der Waals surface area contributed by atoms with Crippen LogP contribution in [-0.4, -0.2) is 21.2 Å². The molecule has 0 atom stereocenters. The van der Waals surface area contributed by atoms with E-state index in [0.29, 0.717) is 21.3 Å². The van der Waals surface area contributed by atoms with Gasteiger partial charge in [0.05, 0.1) is 17.0 Å². The third-order valence-electron chi connectivity index (χ3n) is 5.37. The number of rotatable bonds is 6. The maximum atomic E-state index is 13.3. The van der Waals surface area contributed by atoms with Crippen LogP contribution in [0.25, 0.3) is 15.9 Å². The summed E-state index contributed by atoms with van der Waals surface area (Å²) in [5, 5.41) is 5.33. The van der Waals surface area contributed by atoms with Crippen LogP contribution in [0.15, 0.2) is 63.9 Å². The maximum absolute atomic E-state index is 13.3. The van der Waals surface area contributed by atoms with E-state index in [0.717, 1.165) is 22.5 Å². The van der Waals surface area contributed by atoms with Gasteiger partial charge in [0, 0.05) is 5.69 Å². The smallest absolute Gasteiger partial charge is 0.276 e. The molecule has 0 bridgehead atoms. The normalized spacial score (nSPS) is 11.3. The SMILES string of the molecule is Cc1ccc(-n2c(SCC(=O)Nc3cccc(C(C)C)c3)nc3ccsc3c2=O)cc1C. The Morgan fingerprint density at radius 1 is 1.12 bits per heavy atom. The van der Waals surface area contributed by atoms with Gasteiger partial charge < -0.3 is 5.32 Å². The topological polar surface area (TPSA) is 64.0 Å². The second-order valence-corrected chi connectivity index (χ2v) is 9.91. The fraction of sp³-hybridized carbons (Fsp3) is 0.240. The van der Waals surface area contributed by atoms with Gasteiger partial charge in [0.2, 0.25) is 5.91 Å².